The number of rotatable bonds is 7. The number of pyridine rings is 1. The van der Waals surface area contributed by atoms with Gasteiger partial charge in [0.1, 0.15) is 30.1 Å². The molecule has 0 spiro atoms. The van der Waals surface area contributed by atoms with Gasteiger partial charge in [0.25, 0.3) is 0 Å². The molecule has 0 amide bonds. The molecule has 0 saturated heterocycles. The Hall–Kier alpha value is -3.23. The van der Waals surface area contributed by atoms with E-state index in [1.54, 1.807) is 7.05 Å². The second kappa shape index (κ2) is 8.64. The summed E-state index contributed by atoms with van der Waals surface area (Å²) in [6.45, 7) is 4.12. The smallest absolute Gasteiger partial charge is 0.164 e. The van der Waals surface area contributed by atoms with Gasteiger partial charge >= 0.3 is 0 Å². The van der Waals surface area contributed by atoms with E-state index in [-0.39, 0.29) is 6.61 Å². The SMILES string of the molecule is CNCC(O)COc1cccc(-c2nc(N)c(C)c(N3Cc4ccncc4C3)n2)c1. The van der Waals surface area contributed by atoms with Crippen LogP contribution in [0.15, 0.2) is 42.7 Å². The highest BCUT2D eigenvalue weighted by Crippen LogP contribution is 2.32. The van der Waals surface area contributed by atoms with Crippen LogP contribution in [0.5, 0.6) is 5.75 Å². The maximum absolute atomic E-state index is 9.86. The number of hydrogen-bond donors (Lipinski definition) is 3. The van der Waals surface area contributed by atoms with E-state index in [1.807, 2.05) is 49.6 Å². The largest absolute Gasteiger partial charge is 0.491 e. The Labute approximate surface area is 175 Å². The summed E-state index contributed by atoms with van der Waals surface area (Å²) in [5.74, 6) is 2.47. The highest BCUT2D eigenvalue weighted by Gasteiger charge is 2.23. The first-order valence-corrected chi connectivity index (χ1v) is 9.92. The highest BCUT2D eigenvalue weighted by molar-refractivity contribution is 5.66. The predicted octanol–water partition coefficient (Wildman–Crippen LogP) is 1.91. The third-order valence-corrected chi connectivity index (χ3v) is 5.16. The summed E-state index contributed by atoms with van der Waals surface area (Å²) in [5, 5.41) is 12.8. The Balaban J connectivity index is 1.59. The average molecular weight is 406 g/mol. The molecule has 0 saturated carbocycles. The highest BCUT2D eigenvalue weighted by atomic mass is 16.5. The molecule has 1 atom stereocenters. The van der Waals surface area contributed by atoms with Gasteiger partial charge < -0.3 is 25.8 Å². The fourth-order valence-electron chi connectivity index (χ4n) is 3.54. The molecule has 1 aromatic carbocycles. The first-order chi connectivity index (χ1) is 14.5. The number of aromatic nitrogens is 3. The van der Waals surface area contributed by atoms with Crippen molar-refractivity contribution in [2.24, 2.45) is 0 Å². The number of benzene rings is 1. The molecule has 0 radical (unpaired) electrons. The van der Waals surface area contributed by atoms with E-state index in [2.05, 4.69) is 20.2 Å². The van der Waals surface area contributed by atoms with Crippen molar-refractivity contribution in [2.75, 3.05) is 30.8 Å². The molecule has 1 aliphatic rings. The van der Waals surface area contributed by atoms with Gasteiger partial charge in [0, 0.05) is 43.2 Å². The molecule has 0 aliphatic carbocycles. The van der Waals surface area contributed by atoms with E-state index in [0.29, 0.717) is 23.9 Å². The average Bonchev–Trinajstić information content (AvgIpc) is 3.18. The van der Waals surface area contributed by atoms with Crippen LogP contribution in [0.4, 0.5) is 11.6 Å². The van der Waals surface area contributed by atoms with Crippen molar-refractivity contribution < 1.29 is 9.84 Å². The van der Waals surface area contributed by atoms with Gasteiger partial charge in [-0.2, -0.15) is 0 Å². The number of likely N-dealkylation sites (N-methyl/N-ethyl adjacent to an activating group) is 1. The van der Waals surface area contributed by atoms with Gasteiger partial charge in [0.05, 0.1) is 0 Å². The zero-order chi connectivity index (χ0) is 21.1. The summed E-state index contributed by atoms with van der Waals surface area (Å²) < 4.78 is 5.71. The van der Waals surface area contributed by atoms with Gasteiger partial charge in [-0.05, 0) is 43.3 Å². The van der Waals surface area contributed by atoms with Gasteiger partial charge in [-0.15, -0.1) is 0 Å². The van der Waals surface area contributed by atoms with E-state index in [9.17, 15) is 5.11 Å². The molecular weight excluding hydrogens is 380 g/mol. The Morgan fingerprint density at radius 3 is 2.87 bits per heavy atom. The van der Waals surface area contributed by atoms with Crippen molar-refractivity contribution in [3.05, 3.63) is 59.4 Å². The first-order valence-electron chi connectivity index (χ1n) is 9.92. The quantitative estimate of drug-likeness (QED) is 0.546. The number of nitrogens with zero attached hydrogens (tertiary/aromatic N) is 4. The van der Waals surface area contributed by atoms with Crippen LogP contribution in [-0.2, 0) is 13.1 Å². The number of ether oxygens (including phenoxy) is 1. The molecule has 30 heavy (non-hydrogen) atoms. The van der Waals surface area contributed by atoms with Crippen LogP contribution in [0.1, 0.15) is 16.7 Å². The van der Waals surface area contributed by atoms with Crippen molar-refractivity contribution >= 4 is 11.6 Å². The Bertz CT molecular complexity index is 1020. The number of nitrogens with one attached hydrogen (secondary N) is 1. The summed E-state index contributed by atoms with van der Waals surface area (Å²) in [6.07, 6.45) is 3.13. The Morgan fingerprint density at radius 2 is 2.07 bits per heavy atom. The van der Waals surface area contributed by atoms with Crippen molar-refractivity contribution in [3.63, 3.8) is 0 Å². The normalized spacial score (nSPS) is 13.9. The van der Waals surface area contributed by atoms with Gasteiger partial charge in [-0.3, -0.25) is 4.98 Å². The fraction of sp³-hybridized carbons (Fsp3) is 0.318. The predicted molar refractivity (Wildman–Crippen MR) is 116 cm³/mol. The summed E-state index contributed by atoms with van der Waals surface area (Å²) in [6, 6.07) is 9.55. The van der Waals surface area contributed by atoms with Gasteiger partial charge in [-0.25, -0.2) is 9.97 Å². The summed E-state index contributed by atoms with van der Waals surface area (Å²) >= 11 is 0. The molecule has 3 aromatic rings. The third kappa shape index (κ3) is 4.19. The monoisotopic (exact) mass is 406 g/mol. The number of aliphatic hydroxyl groups is 1. The lowest BCUT2D eigenvalue weighted by atomic mass is 10.2. The van der Waals surface area contributed by atoms with E-state index in [1.165, 1.54) is 11.1 Å². The van der Waals surface area contributed by atoms with Crippen molar-refractivity contribution in [1.82, 2.24) is 20.3 Å². The van der Waals surface area contributed by atoms with E-state index < -0.39 is 6.10 Å². The molecule has 8 heteroatoms. The molecule has 1 unspecified atom stereocenters. The van der Waals surface area contributed by atoms with Crippen molar-refractivity contribution in [2.45, 2.75) is 26.1 Å². The standard InChI is InChI=1S/C22H26N6O2/c1-14-20(23)26-21(15-4-3-5-19(8-15)30-13-18(29)10-24-2)27-22(14)28-11-16-6-7-25-9-17(16)12-28/h3-9,18,24,29H,10-13H2,1-2H3,(H2,23,26,27). The minimum Gasteiger partial charge on any atom is -0.491 e. The van der Waals surface area contributed by atoms with Gasteiger partial charge in [0.15, 0.2) is 5.82 Å². The number of anilines is 2. The molecular formula is C22H26N6O2. The molecule has 0 bridgehead atoms. The molecule has 8 nitrogen and oxygen atoms in total. The maximum atomic E-state index is 9.86. The second-order valence-electron chi connectivity index (χ2n) is 7.43. The molecule has 4 rings (SSSR count). The van der Waals surface area contributed by atoms with Crippen LogP contribution in [0, 0.1) is 6.92 Å². The van der Waals surface area contributed by atoms with Crippen LogP contribution in [-0.4, -0.2) is 46.4 Å². The number of aliphatic hydroxyl groups excluding tert-OH is 1. The number of fused-ring (bicyclic) bond motifs is 1. The van der Waals surface area contributed by atoms with Crippen molar-refractivity contribution in [1.29, 1.82) is 0 Å². The zero-order valence-corrected chi connectivity index (χ0v) is 17.2. The Kier molecular flexibility index (Phi) is 5.78. The lowest BCUT2D eigenvalue weighted by molar-refractivity contribution is 0.108. The summed E-state index contributed by atoms with van der Waals surface area (Å²) in [5.41, 5.74) is 10.4. The van der Waals surface area contributed by atoms with E-state index >= 15 is 0 Å². The van der Waals surface area contributed by atoms with Crippen LogP contribution in [0.3, 0.4) is 0 Å². The van der Waals surface area contributed by atoms with Crippen LogP contribution in [0.25, 0.3) is 11.4 Å². The third-order valence-electron chi connectivity index (χ3n) is 5.16. The first kappa shape index (κ1) is 20.1. The van der Waals surface area contributed by atoms with E-state index in [4.69, 9.17) is 15.5 Å². The molecule has 1 aliphatic heterocycles. The summed E-state index contributed by atoms with van der Waals surface area (Å²) in [4.78, 5) is 15.7. The molecule has 156 valence electrons. The zero-order valence-electron chi connectivity index (χ0n) is 17.2. The maximum Gasteiger partial charge on any atom is 0.164 e. The lowest BCUT2D eigenvalue weighted by Crippen LogP contribution is -2.29. The number of nitrogens with two attached hydrogens (primary N) is 1. The van der Waals surface area contributed by atoms with Crippen molar-refractivity contribution in [3.8, 4) is 17.1 Å². The molecule has 3 heterocycles. The van der Waals surface area contributed by atoms with E-state index in [0.717, 1.165) is 30.0 Å². The fourth-order valence-corrected chi connectivity index (χ4v) is 3.54. The van der Waals surface area contributed by atoms with Gasteiger partial charge in [-0.1, -0.05) is 12.1 Å². The Morgan fingerprint density at radius 1 is 1.23 bits per heavy atom. The van der Waals surface area contributed by atoms with Gasteiger partial charge in [0.2, 0.25) is 0 Å². The minimum atomic E-state index is -0.581. The minimum absolute atomic E-state index is 0.201. The second-order valence-corrected chi connectivity index (χ2v) is 7.43. The molecule has 0 fully saturated rings. The summed E-state index contributed by atoms with van der Waals surface area (Å²) in [7, 11) is 1.79. The van der Waals surface area contributed by atoms with Crippen LogP contribution in [0.2, 0.25) is 0 Å². The van der Waals surface area contributed by atoms with Crippen LogP contribution < -0.4 is 20.7 Å². The topological polar surface area (TPSA) is 109 Å². The molecule has 4 N–H and O–H groups in total. The molecule has 2 aromatic heterocycles. The number of nitrogen functional groups attached to an aromatic ring is 1. The number of hydrogen-bond acceptors (Lipinski definition) is 8. The lowest BCUT2D eigenvalue weighted by Gasteiger charge is -2.20. The van der Waals surface area contributed by atoms with Crippen LogP contribution >= 0.6 is 0 Å².